The van der Waals surface area contributed by atoms with Gasteiger partial charge < -0.3 is 14.0 Å². The van der Waals surface area contributed by atoms with E-state index in [-0.39, 0.29) is 10.9 Å². The van der Waals surface area contributed by atoms with Crippen molar-refractivity contribution in [3.63, 3.8) is 0 Å². The van der Waals surface area contributed by atoms with E-state index in [1.807, 2.05) is 103 Å². The highest BCUT2D eigenvalue weighted by Crippen LogP contribution is 2.39. The van der Waals surface area contributed by atoms with Gasteiger partial charge in [0.25, 0.3) is 0 Å². The largest absolute Gasteiger partial charge is 0.311 e. The minimum absolute atomic E-state index is 0.0443. The number of aromatic nitrogens is 2. The number of anilines is 3. The Labute approximate surface area is 386 Å². The van der Waals surface area contributed by atoms with Crippen LogP contribution in [-0.4, -0.2) is 9.13 Å². The first kappa shape index (κ1) is 39.5. The van der Waals surface area contributed by atoms with Crippen LogP contribution in [0.25, 0.3) is 88.4 Å². The monoisotopic (exact) mass is 859 g/mol. The lowest BCUT2D eigenvalue weighted by Gasteiger charge is -2.26. The van der Waals surface area contributed by atoms with Gasteiger partial charge >= 0.3 is 0 Å². The second kappa shape index (κ2) is 16.5. The first-order chi connectivity index (χ1) is 33.1. The minimum atomic E-state index is 0.0443. The van der Waals surface area contributed by atoms with Crippen molar-refractivity contribution in [3.05, 3.63) is 269 Å². The van der Waals surface area contributed by atoms with E-state index in [0.717, 1.165) is 78.3 Å². The van der Waals surface area contributed by atoms with Crippen molar-refractivity contribution < 1.29 is 0 Å². The van der Waals surface area contributed by atoms with Crippen LogP contribution in [0.4, 0.5) is 17.1 Å². The third kappa shape index (κ3) is 6.98. The maximum Gasteiger partial charge on any atom is 0.197 e. The zero-order valence-electron chi connectivity index (χ0n) is 36.3. The maximum absolute atomic E-state index is 13.5. The zero-order valence-corrected chi connectivity index (χ0v) is 36.3. The molecule has 0 saturated heterocycles. The van der Waals surface area contributed by atoms with Gasteiger partial charge in [-0.25, -0.2) is 0 Å². The molecule has 0 atom stereocenters. The average molecular weight is 860 g/mol. The second-order valence-electron chi connectivity index (χ2n) is 16.8. The normalized spacial score (nSPS) is 11.4. The standard InChI is InChI=1S/C62H41N3O2/c66-61-53-20-4-8-24-57(53)64(58-25-9-5-21-54(58)61)51-18-12-16-46(40-51)44-30-36-49(37-31-44)63(48-34-28-43(29-35-48)42-14-2-1-3-15-42)50-38-32-45(33-39-50)47-17-13-19-52(41-47)65-59-26-10-6-22-55(59)62(67)56-23-7-11-27-60(56)65/h1-41H. The van der Waals surface area contributed by atoms with Crippen LogP contribution in [0.1, 0.15) is 0 Å². The molecule has 0 amide bonds. The van der Waals surface area contributed by atoms with E-state index >= 15 is 0 Å². The van der Waals surface area contributed by atoms with Crippen LogP contribution in [-0.2, 0) is 0 Å². The van der Waals surface area contributed by atoms with E-state index in [1.165, 1.54) is 5.56 Å². The number of fused-ring (bicyclic) bond motifs is 4. The van der Waals surface area contributed by atoms with Gasteiger partial charge in [0.15, 0.2) is 10.9 Å². The van der Waals surface area contributed by atoms with Gasteiger partial charge in [0.2, 0.25) is 0 Å². The summed E-state index contributed by atoms with van der Waals surface area (Å²) < 4.78 is 4.39. The van der Waals surface area contributed by atoms with E-state index in [1.54, 1.807) is 0 Å². The van der Waals surface area contributed by atoms with E-state index in [0.29, 0.717) is 21.5 Å². The number of para-hydroxylation sites is 4. The van der Waals surface area contributed by atoms with Gasteiger partial charge in [-0.2, -0.15) is 0 Å². The number of nitrogens with zero attached hydrogens (tertiary/aromatic N) is 3. The minimum Gasteiger partial charge on any atom is -0.311 e. The molecule has 0 aliphatic rings. The average Bonchev–Trinajstić information content (AvgIpc) is 3.40. The molecule has 0 aliphatic carbocycles. The van der Waals surface area contributed by atoms with Crippen molar-refractivity contribution >= 4 is 60.7 Å². The van der Waals surface area contributed by atoms with Gasteiger partial charge in [0.1, 0.15) is 0 Å². The Balaban J connectivity index is 0.919. The fourth-order valence-electron chi connectivity index (χ4n) is 9.68. The summed E-state index contributed by atoms with van der Waals surface area (Å²) in [5, 5.41) is 2.79. The molecule has 10 aromatic carbocycles. The van der Waals surface area contributed by atoms with Crippen LogP contribution in [0.2, 0.25) is 0 Å². The summed E-state index contributed by atoms with van der Waals surface area (Å²) in [6.45, 7) is 0. The van der Waals surface area contributed by atoms with Crippen molar-refractivity contribution in [2.45, 2.75) is 0 Å². The molecular weight excluding hydrogens is 819 g/mol. The van der Waals surface area contributed by atoms with E-state index in [2.05, 4.69) is 160 Å². The van der Waals surface area contributed by atoms with Crippen LogP contribution < -0.4 is 15.8 Å². The quantitative estimate of drug-likeness (QED) is 0.143. The summed E-state index contributed by atoms with van der Waals surface area (Å²) in [6, 6.07) is 85.2. The van der Waals surface area contributed by atoms with Crippen LogP contribution >= 0.6 is 0 Å². The van der Waals surface area contributed by atoms with Gasteiger partial charge in [-0.05, 0) is 143 Å². The topological polar surface area (TPSA) is 47.2 Å². The van der Waals surface area contributed by atoms with Crippen LogP contribution in [0.5, 0.6) is 0 Å². The smallest absolute Gasteiger partial charge is 0.197 e. The number of hydrogen-bond donors (Lipinski definition) is 0. The predicted octanol–water partition coefficient (Wildman–Crippen LogP) is 15.1. The Hall–Kier alpha value is -9.06. The van der Waals surface area contributed by atoms with E-state index in [4.69, 9.17) is 0 Å². The van der Waals surface area contributed by atoms with Gasteiger partial charge in [0, 0.05) is 50.0 Å². The Morgan fingerprint density at radius 3 is 0.896 bits per heavy atom. The number of rotatable bonds is 8. The lowest BCUT2D eigenvalue weighted by molar-refractivity contribution is 1.16. The Morgan fingerprint density at radius 1 is 0.254 bits per heavy atom. The van der Waals surface area contributed by atoms with Crippen LogP contribution in [0, 0.1) is 0 Å². The molecule has 5 heteroatoms. The second-order valence-corrected chi connectivity index (χ2v) is 16.8. The van der Waals surface area contributed by atoms with Crippen LogP contribution in [0.15, 0.2) is 258 Å². The van der Waals surface area contributed by atoms with Gasteiger partial charge in [0.05, 0.1) is 22.1 Å². The fourth-order valence-corrected chi connectivity index (χ4v) is 9.68. The molecule has 0 radical (unpaired) electrons. The predicted molar refractivity (Wildman–Crippen MR) is 279 cm³/mol. The summed E-state index contributed by atoms with van der Waals surface area (Å²) >= 11 is 0. The molecule has 0 saturated carbocycles. The molecule has 5 nitrogen and oxygen atoms in total. The molecule has 0 aliphatic heterocycles. The Bertz CT molecular complexity index is 3610. The molecule has 67 heavy (non-hydrogen) atoms. The summed E-state index contributed by atoms with van der Waals surface area (Å²) in [7, 11) is 0. The molecule has 2 aromatic heterocycles. The maximum atomic E-state index is 13.5. The molecule has 316 valence electrons. The number of benzene rings is 10. The fraction of sp³-hybridized carbons (Fsp3) is 0. The van der Waals surface area contributed by atoms with Gasteiger partial charge in [-0.1, -0.05) is 140 Å². The Morgan fingerprint density at radius 2 is 0.537 bits per heavy atom. The van der Waals surface area contributed by atoms with E-state index < -0.39 is 0 Å². The molecule has 0 bridgehead atoms. The molecule has 0 fully saturated rings. The lowest BCUT2D eigenvalue weighted by Crippen LogP contribution is -2.10. The third-order valence-electron chi connectivity index (χ3n) is 12.9. The highest BCUT2D eigenvalue weighted by Gasteiger charge is 2.17. The molecule has 0 N–H and O–H groups in total. The van der Waals surface area contributed by atoms with Crippen molar-refractivity contribution in [3.8, 4) is 44.8 Å². The summed E-state index contributed by atoms with van der Waals surface area (Å²) in [4.78, 5) is 29.4. The molecule has 2 heterocycles. The van der Waals surface area contributed by atoms with Crippen molar-refractivity contribution in [2.24, 2.45) is 0 Å². The van der Waals surface area contributed by atoms with Gasteiger partial charge in [-0.3, -0.25) is 9.59 Å². The molecule has 12 aromatic rings. The molecule has 0 spiro atoms. The first-order valence-corrected chi connectivity index (χ1v) is 22.5. The number of pyridine rings is 2. The SMILES string of the molecule is O=c1c2ccccc2n(-c2cccc(-c3ccc(N(c4ccc(-c5ccccc5)cc4)c4ccc(-c5cccc(-n6c7ccccc7c(=O)c7ccccc76)c5)cc4)cc3)c2)c2ccccc12. The summed E-state index contributed by atoms with van der Waals surface area (Å²) in [6.07, 6.45) is 0. The molecule has 12 rings (SSSR count). The summed E-state index contributed by atoms with van der Waals surface area (Å²) in [5.74, 6) is 0. The highest BCUT2D eigenvalue weighted by atomic mass is 16.1. The lowest BCUT2D eigenvalue weighted by atomic mass is 10.0. The third-order valence-corrected chi connectivity index (χ3v) is 12.9. The highest BCUT2D eigenvalue weighted by molar-refractivity contribution is 5.97. The van der Waals surface area contributed by atoms with Crippen LogP contribution in [0.3, 0.4) is 0 Å². The summed E-state index contributed by atoms with van der Waals surface area (Å²) in [5.41, 5.74) is 15.3. The van der Waals surface area contributed by atoms with Gasteiger partial charge in [-0.15, -0.1) is 0 Å². The molecule has 0 unspecified atom stereocenters. The van der Waals surface area contributed by atoms with E-state index in [9.17, 15) is 9.59 Å². The van der Waals surface area contributed by atoms with Crippen molar-refractivity contribution in [2.75, 3.05) is 4.90 Å². The zero-order chi connectivity index (χ0) is 44.8. The molecular formula is C62H41N3O2. The Kier molecular flexibility index (Phi) is 9.73. The first-order valence-electron chi connectivity index (χ1n) is 22.5. The van der Waals surface area contributed by atoms with Crippen molar-refractivity contribution in [1.29, 1.82) is 0 Å². The number of hydrogen-bond acceptors (Lipinski definition) is 3. The van der Waals surface area contributed by atoms with Crippen molar-refractivity contribution in [1.82, 2.24) is 9.13 Å².